The molecule has 3 heterocycles. The Bertz CT molecular complexity index is 1270. The number of amides is 2. The molecule has 1 unspecified atom stereocenters. The fourth-order valence-corrected chi connectivity index (χ4v) is 5.02. The van der Waals surface area contributed by atoms with E-state index in [1.165, 1.54) is 22.7 Å². The largest absolute Gasteiger partial charge is 0.369 e. The van der Waals surface area contributed by atoms with Crippen LogP contribution in [0.25, 0.3) is 11.1 Å². The molecular weight excluding hydrogens is 419 g/mol. The molecule has 0 spiro atoms. The Labute approximate surface area is 191 Å². The van der Waals surface area contributed by atoms with Crippen LogP contribution in [0.4, 0.5) is 15.8 Å². The Morgan fingerprint density at radius 1 is 0.879 bits per heavy atom. The van der Waals surface area contributed by atoms with Crippen molar-refractivity contribution in [1.29, 1.82) is 0 Å². The van der Waals surface area contributed by atoms with Crippen molar-refractivity contribution in [2.45, 2.75) is 12.6 Å². The van der Waals surface area contributed by atoms with Gasteiger partial charge in [-0.2, -0.15) is 0 Å². The van der Waals surface area contributed by atoms with E-state index in [4.69, 9.17) is 0 Å². The number of carbonyl (C=O) groups is 2. The second-order valence-corrected chi connectivity index (χ2v) is 8.71. The highest BCUT2D eigenvalue weighted by Crippen LogP contribution is 2.40. The molecule has 1 atom stereocenters. The first kappa shape index (κ1) is 19.9. The van der Waals surface area contributed by atoms with Crippen LogP contribution in [0, 0.1) is 5.82 Å². The Kier molecular flexibility index (Phi) is 4.66. The lowest BCUT2D eigenvalue weighted by molar-refractivity contribution is -0.120. The summed E-state index contributed by atoms with van der Waals surface area (Å²) in [6.45, 7) is 4.28. The van der Waals surface area contributed by atoms with E-state index < -0.39 is 11.9 Å². The number of hydrogen-bond acceptors (Lipinski definition) is 4. The maximum atomic E-state index is 13.8. The van der Waals surface area contributed by atoms with Gasteiger partial charge in [0.15, 0.2) is 0 Å². The highest BCUT2D eigenvalue weighted by atomic mass is 19.1. The molecule has 1 fully saturated rings. The molecule has 3 aliphatic rings. The van der Waals surface area contributed by atoms with Gasteiger partial charge in [0.05, 0.1) is 0 Å². The van der Waals surface area contributed by atoms with E-state index in [1.807, 2.05) is 18.2 Å². The molecule has 166 valence electrons. The number of hydrogen-bond donors (Lipinski definition) is 2. The van der Waals surface area contributed by atoms with Gasteiger partial charge < -0.3 is 20.4 Å². The number of piperazine rings is 1. The van der Waals surface area contributed by atoms with Crippen LogP contribution in [0.3, 0.4) is 0 Å². The predicted molar refractivity (Wildman–Crippen MR) is 125 cm³/mol. The van der Waals surface area contributed by atoms with Crippen molar-refractivity contribution in [3.8, 4) is 11.1 Å². The summed E-state index contributed by atoms with van der Waals surface area (Å²) >= 11 is 0. The lowest BCUT2D eigenvalue weighted by Gasteiger charge is -2.29. The van der Waals surface area contributed by atoms with Crippen LogP contribution in [0.5, 0.6) is 0 Å². The number of fused-ring (bicyclic) bond motifs is 2. The molecule has 3 aliphatic heterocycles. The van der Waals surface area contributed by atoms with Crippen LogP contribution in [-0.4, -0.2) is 42.9 Å². The fraction of sp³-hybridized carbons (Fsp3) is 0.231. The van der Waals surface area contributed by atoms with Crippen molar-refractivity contribution in [3.63, 3.8) is 0 Å². The van der Waals surface area contributed by atoms with Crippen LogP contribution < -0.4 is 15.5 Å². The van der Waals surface area contributed by atoms with E-state index in [1.54, 1.807) is 6.07 Å². The monoisotopic (exact) mass is 442 g/mol. The van der Waals surface area contributed by atoms with E-state index in [-0.39, 0.29) is 11.8 Å². The number of nitrogens with zero attached hydrogens (tertiary/aromatic N) is 2. The minimum Gasteiger partial charge on any atom is -0.369 e. The van der Waals surface area contributed by atoms with Crippen molar-refractivity contribution in [2.24, 2.45) is 0 Å². The van der Waals surface area contributed by atoms with E-state index in [2.05, 4.69) is 39.8 Å². The second-order valence-electron chi connectivity index (χ2n) is 8.71. The molecule has 0 radical (unpaired) electrons. The SMILES string of the molecule is O=C1Nc2ccc(F)cc2C1N1Cc2ccc(-c3ccc(N4CCNCC4)cc3)cc2C1=O. The summed E-state index contributed by atoms with van der Waals surface area (Å²) in [6, 6.07) is 17.6. The third-order valence-corrected chi connectivity index (χ3v) is 6.75. The van der Waals surface area contributed by atoms with Crippen molar-refractivity contribution in [3.05, 3.63) is 83.2 Å². The maximum Gasteiger partial charge on any atom is 0.255 e. The van der Waals surface area contributed by atoms with Gasteiger partial charge in [-0.05, 0) is 53.1 Å². The molecule has 2 N–H and O–H groups in total. The topological polar surface area (TPSA) is 64.7 Å². The van der Waals surface area contributed by atoms with Gasteiger partial charge in [-0.1, -0.05) is 24.3 Å². The Balaban J connectivity index is 1.27. The summed E-state index contributed by atoms with van der Waals surface area (Å²) < 4.78 is 13.8. The number of carbonyl (C=O) groups excluding carboxylic acids is 2. The molecule has 33 heavy (non-hydrogen) atoms. The van der Waals surface area contributed by atoms with E-state index in [0.29, 0.717) is 23.4 Å². The van der Waals surface area contributed by atoms with E-state index in [0.717, 1.165) is 42.9 Å². The average Bonchev–Trinajstić information content (AvgIpc) is 3.34. The molecule has 0 saturated carbocycles. The summed E-state index contributed by atoms with van der Waals surface area (Å²) in [5.74, 6) is -0.937. The number of halogens is 1. The van der Waals surface area contributed by atoms with Crippen LogP contribution >= 0.6 is 0 Å². The first-order valence-corrected chi connectivity index (χ1v) is 11.2. The van der Waals surface area contributed by atoms with Crippen molar-refractivity contribution in [2.75, 3.05) is 36.4 Å². The Morgan fingerprint density at radius 2 is 1.64 bits per heavy atom. The molecule has 6 rings (SSSR count). The zero-order chi connectivity index (χ0) is 22.5. The van der Waals surface area contributed by atoms with Crippen LogP contribution in [-0.2, 0) is 11.3 Å². The Hall–Kier alpha value is -3.71. The molecule has 0 aromatic heterocycles. The minimum absolute atomic E-state index is 0.207. The molecule has 0 aliphatic carbocycles. The molecule has 1 saturated heterocycles. The van der Waals surface area contributed by atoms with Gasteiger partial charge in [-0.25, -0.2) is 4.39 Å². The van der Waals surface area contributed by atoms with Crippen LogP contribution in [0.1, 0.15) is 27.5 Å². The minimum atomic E-state index is -0.822. The smallest absolute Gasteiger partial charge is 0.255 e. The number of benzene rings is 3. The van der Waals surface area contributed by atoms with E-state index >= 15 is 0 Å². The van der Waals surface area contributed by atoms with Gasteiger partial charge in [-0.15, -0.1) is 0 Å². The highest BCUT2D eigenvalue weighted by Gasteiger charge is 2.42. The van der Waals surface area contributed by atoms with Gasteiger partial charge >= 0.3 is 0 Å². The standard InChI is InChI=1S/C26H23FN4O2/c27-19-5-8-23-22(14-19)24(25(32)29-23)31-15-18-2-1-17(13-21(18)26(31)33)16-3-6-20(7-4-16)30-11-9-28-10-12-30/h1-8,13-14,24,28H,9-12,15H2,(H,29,32). The van der Waals surface area contributed by atoms with Crippen LogP contribution in [0.2, 0.25) is 0 Å². The number of nitrogens with one attached hydrogen (secondary N) is 2. The maximum absolute atomic E-state index is 13.8. The molecule has 7 heteroatoms. The van der Waals surface area contributed by atoms with Crippen LogP contribution in [0.15, 0.2) is 60.7 Å². The normalized spacial score (nSPS) is 19.5. The molecule has 3 aromatic carbocycles. The molecule has 0 bridgehead atoms. The molecular formula is C26H23FN4O2. The third-order valence-electron chi connectivity index (χ3n) is 6.75. The Morgan fingerprint density at radius 3 is 2.42 bits per heavy atom. The van der Waals surface area contributed by atoms with Gasteiger partial charge in [0.1, 0.15) is 11.9 Å². The summed E-state index contributed by atoms with van der Waals surface area (Å²) in [7, 11) is 0. The zero-order valence-corrected chi connectivity index (χ0v) is 18.0. The third kappa shape index (κ3) is 3.36. The van der Waals surface area contributed by atoms with Crippen molar-refractivity contribution in [1.82, 2.24) is 10.2 Å². The lowest BCUT2D eigenvalue weighted by atomic mass is 10.00. The van der Waals surface area contributed by atoms with Gasteiger partial charge in [-0.3, -0.25) is 9.59 Å². The summed E-state index contributed by atoms with van der Waals surface area (Å²) in [5.41, 5.74) is 5.72. The van der Waals surface area contributed by atoms with Crippen molar-refractivity contribution >= 4 is 23.2 Å². The number of anilines is 2. The highest BCUT2D eigenvalue weighted by molar-refractivity contribution is 6.08. The zero-order valence-electron chi connectivity index (χ0n) is 18.0. The van der Waals surface area contributed by atoms with Crippen molar-refractivity contribution < 1.29 is 14.0 Å². The second kappa shape index (κ2) is 7.71. The average molecular weight is 442 g/mol. The van der Waals surface area contributed by atoms with Gasteiger partial charge in [0, 0.05) is 55.2 Å². The molecule has 2 amide bonds. The quantitative estimate of drug-likeness (QED) is 0.651. The van der Waals surface area contributed by atoms with Gasteiger partial charge in [0.2, 0.25) is 0 Å². The number of rotatable bonds is 3. The van der Waals surface area contributed by atoms with Gasteiger partial charge in [0.25, 0.3) is 11.8 Å². The predicted octanol–water partition coefficient (Wildman–Crippen LogP) is 3.55. The molecule has 6 nitrogen and oxygen atoms in total. The molecule has 3 aromatic rings. The summed E-state index contributed by atoms with van der Waals surface area (Å²) in [5, 5.41) is 6.12. The summed E-state index contributed by atoms with van der Waals surface area (Å²) in [4.78, 5) is 29.8. The lowest BCUT2D eigenvalue weighted by Crippen LogP contribution is -2.43. The first-order valence-electron chi connectivity index (χ1n) is 11.2. The first-order chi connectivity index (χ1) is 16.1. The fourth-order valence-electron chi connectivity index (χ4n) is 5.02. The summed E-state index contributed by atoms with van der Waals surface area (Å²) in [6.07, 6.45) is 0. The van der Waals surface area contributed by atoms with E-state index in [9.17, 15) is 14.0 Å².